The lowest BCUT2D eigenvalue weighted by atomic mass is 10.2. The predicted octanol–water partition coefficient (Wildman–Crippen LogP) is 4.14. The molecule has 2 rings (SSSR count). The van der Waals surface area contributed by atoms with E-state index < -0.39 is 0 Å². The number of hydrazone groups is 1. The fourth-order valence-electron chi connectivity index (χ4n) is 1.59. The Hall–Kier alpha value is -2.00. The van der Waals surface area contributed by atoms with Gasteiger partial charge in [0.1, 0.15) is 5.75 Å². The highest BCUT2D eigenvalue weighted by atomic mass is 35.5. The maximum atomic E-state index is 5.60. The molecular formula is C16H17ClN2O. The molecule has 0 aliphatic heterocycles. The second-order valence-corrected chi connectivity index (χ2v) is 4.57. The van der Waals surface area contributed by atoms with Crippen molar-refractivity contribution in [1.29, 1.82) is 0 Å². The van der Waals surface area contributed by atoms with Crippen LogP contribution in [0.3, 0.4) is 0 Å². The Morgan fingerprint density at radius 2 is 1.80 bits per heavy atom. The first-order valence-corrected chi connectivity index (χ1v) is 7.05. The minimum atomic E-state index is 0.621. The van der Waals surface area contributed by atoms with Gasteiger partial charge in [0.15, 0.2) is 0 Å². The fourth-order valence-corrected chi connectivity index (χ4v) is 1.70. The summed E-state index contributed by atoms with van der Waals surface area (Å²) in [6.07, 6.45) is 2.63. The molecule has 0 saturated heterocycles. The van der Waals surface area contributed by atoms with Gasteiger partial charge in [-0.3, -0.25) is 5.43 Å². The van der Waals surface area contributed by atoms with Crippen LogP contribution in [0.25, 0.3) is 0 Å². The number of hydrogen-bond donors (Lipinski definition) is 1. The first kappa shape index (κ1) is 14.4. The van der Waals surface area contributed by atoms with Crippen LogP contribution < -0.4 is 10.2 Å². The molecule has 0 bridgehead atoms. The fraction of sp³-hybridized carbons (Fsp3) is 0.188. The highest BCUT2D eigenvalue weighted by Gasteiger charge is 1.94. The summed E-state index contributed by atoms with van der Waals surface area (Å²) in [7, 11) is 0. The second kappa shape index (κ2) is 8.23. The quantitative estimate of drug-likeness (QED) is 0.359. The molecule has 0 aliphatic rings. The van der Waals surface area contributed by atoms with Gasteiger partial charge in [-0.05, 0) is 48.4 Å². The number of benzene rings is 2. The summed E-state index contributed by atoms with van der Waals surface area (Å²) in [5, 5.41) is 4.18. The van der Waals surface area contributed by atoms with Gasteiger partial charge in [-0.1, -0.05) is 18.2 Å². The predicted molar refractivity (Wildman–Crippen MR) is 84.9 cm³/mol. The molecule has 2 aromatic rings. The van der Waals surface area contributed by atoms with E-state index in [1.807, 2.05) is 54.6 Å². The molecule has 104 valence electrons. The summed E-state index contributed by atoms with van der Waals surface area (Å²) in [5.41, 5.74) is 4.95. The molecule has 0 heterocycles. The van der Waals surface area contributed by atoms with Crippen molar-refractivity contribution in [2.75, 3.05) is 17.9 Å². The lowest BCUT2D eigenvalue weighted by molar-refractivity contribution is 0.318. The van der Waals surface area contributed by atoms with E-state index in [-0.39, 0.29) is 0 Å². The van der Waals surface area contributed by atoms with Crippen molar-refractivity contribution in [2.45, 2.75) is 6.42 Å². The summed E-state index contributed by atoms with van der Waals surface area (Å²) in [4.78, 5) is 0. The summed E-state index contributed by atoms with van der Waals surface area (Å²) in [6.45, 7) is 0.645. The van der Waals surface area contributed by atoms with Crippen molar-refractivity contribution >= 4 is 23.5 Å². The topological polar surface area (TPSA) is 33.6 Å². The van der Waals surface area contributed by atoms with Crippen molar-refractivity contribution in [2.24, 2.45) is 5.10 Å². The molecule has 0 radical (unpaired) electrons. The Bertz CT molecular complexity index is 526. The third-order valence-electron chi connectivity index (χ3n) is 2.61. The first-order valence-electron chi connectivity index (χ1n) is 6.51. The Labute approximate surface area is 124 Å². The highest BCUT2D eigenvalue weighted by Crippen LogP contribution is 2.11. The van der Waals surface area contributed by atoms with Crippen molar-refractivity contribution in [3.05, 3.63) is 60.2 Å². The van der Waals surface area contributed by atoms with Crippen molar-refractivity contribution in [3.63, 3.8) is 0 Å². The number of para-hydroxylation sites is 1. The molecule has 0 unspecified atom stereocenters. The standard InChI is InChI=1S/C16H17ClN2O/c17-11-4-12-20-16-9-7-14(8-10-16)13-18-19-15-5-2-1-3-6-15/h1-3,5-10,13,19H,4,11-12H2. The van der Waals surface area contributed by atoms with Crippen LogP contribution in [0.4, 0.5) is 5.69 Å². The number of rotatable bonds is 7. The molecule has 0 fully saturated rings. The zero-order valence-electron chi connectivity index (χ0n) is 11.1. The van der Waals surface area contributed by atoms with Crippen molar-refractivity contribution < 1.29 is 4.74 Å². The Kier molecular flexibility index (Phi) is 5.93. The molecule has 0 aromatic heterocycles. The van der Waals surface area contributed by atoms with E-state index >= 15 is 0 Å². The highest BCUT2D eigenvalue weighted by molar-refractivity contribution is 6.17. The minimum Gasteiger partial charge on any atom is -0.494 e. The zero-order chi connectivity index (χ0) is 14.0. The van der Waals surface area contributed by atoms with E-state index in [2.05, 4.69) is 10.5 Å². The van der Waals surface area contributed by atoms with Crippen LogP contribution >= 0.6 is 11.6 Å². The normalized spacial score (nSPS) is 10.7. The van der Waals surface area contributed by atoms with Gasteiger partial charge in [-0.15, -0.1) is 11.6 Å². The summed E-state index contributed by atoms with van der Waals surface area (Å²) < 4.78 is 5.53. The van der Waals surface area contributed by atoms with Gasteiger partial charge in [0.05, 0.1) is 18.5 Å². The van der Waals surface area contributed by atoms with Gasteiger partial charge < -0.3 is 4.74 Å². The van der Waals surface area contributed by atoms with Gasteiger partial charge in [0, 0.05) is 5.88 Å². The van der Waals surface area contributed by atoms with Gasteiger partial charge in [-0.2, -0.15) is 5.10 Å². The number of hydrogen-bond acceptors (Lipinski definition) is 3. The van der Waals surface area contributed by atoms with Crippen LogP contribution in [0.15, 0.2) is 59.7 Å². The lowest BCUT2D eigenvalue weighted by Crippen LogP contribution is -1.97. The first-order chi connectivity index (χ1) is 9.88. The maximum absolute atomic E-state index is 5.60. The van der Waals surface area contributed by atoms with Crippen LogP contribution in [-0.2, 0) is 0 Å². The van der Waals surface area contributed by atoms with E-state index in [4.69, 9.17) is 16.3 Å². The third kappa shape index (κ3) is 4.94. The van der Waals surface area contributed by atoms with Crippen LogP contribution in [0.1, 0.15) is 12.0 Å². The molecule has 0 saturated carbocycles. The number of halogens is 1. The summed E-state index contributed by atoms with van der Waals surface area (Å²) >= 11 is 5.60. The van der Waals surface area contributed by atoms with E-state index in [1.165, 1.54) is 0 Å². The summed E-state index contributed by atoms with van der Waals surface area (Å²) in [6, 6.07) is 17.6. The number of nitrogens with zero attached hydrogens (tertiary/aromatic N) is 1. The SMILES string of the molecule is ClCCCOc1ccc(C=NNc2ccccc2)cc1. The molecule has 20 heavy (non-hydrogen) atoms. The molecule has 0 atom stereocenters. The molecule has 0 amide bonds. The minimum absolute atomic E-state index is 0.621. The monoisotopic (exact) mass is 288 g/mol. The van der Waals surface area contributed by atoms with Crippen molar-refractivity contribution in [1.82, 2.24) is 0 Å². The molecular weight excluding hydrogens is 272 g/mol. The van der Waals surface area contributed by atoms with Crippen LogP contribution in [0.2, 0.25) is 0 Å². The average Bonchev–Trinajstić information content (AvgIpc) is 2.50. The molecule has 3 nitrogen and oxygen atoms in total. The molecule has 4 heteroatoms. The molecule has 1 N–H and O–H groups in total. The summed E-state index contributed by atoms with van der Waals surface area (Å²) in [5.74, 6) is 1.47. The molecule has 0 spiro atoms. The number of nitrogens with one attached hydrogen (secondary N) is 1. The van der Waals surface area contributed by atoms with E-state index in [9.17, 15) is 0 Å². The third-order valence-corrected chi connectivity index (χ3v) is 2.88. The number of anilines is 1. The van der Waals surface area contributed by atoms with Gasteiger partial charge >= 0.3 is 0 Å². The number of ether oxygens (including phenoxy) is 1. The zero-order valence-corrected chi connectivity index (χ0v) is 11.9. The van der Waals surface area contributed by atoms with Crippen LogP contribution in [-0.4, -0.2) is 18.7 Å². The van der Waals surface area contributed by atoms with Crippen LogP contribution in [0.5, 0.6) is 5.75 Å². The second-order valence-electron chi connectivity index (χ2n) is 4.20. The van der Waals surface area contributed by atoms with Gasteiger partial charge in [0.2, 0.25) is 0 Å². The Morgan fingerprint density at radius 3 is 2.50 bits per heavy atom. The van der Waals surface area contributed by atoms with Gasteiger partial charge in [0.25, 0.3) is 0 Å². The van der Waals surface area contributed by atoms with E-state index in [0.717, 1.165) is 23.4 Å². The Morgan fingerprint density at radius 1 is 1.05 bits per heavy atom. The van der Waals surface area contributed by atoms with E-state index in [0.29, 0.717) is 12.5 Å². The van der Waals surface area contributed by atoms with E-state index in [1.54, 1.807) is 6.21 Å². The largest absolute Gasteiger partial charge is 0.494 e. The van der Waals surface area contributed by atoms with Crippen LogP contribution in [0, 0.1) is 0 Å². The average molecular weight is 289 g/mol. The maximum Gasteiger partial charge on any atom is 0.119 e. The number of alkyl halides is 1. The van der Waals surface area contributed by atoms with Gasteiger partial charge in [-0.25, -0.2) is 0 Å². The Balaban J connectivity index is 1.84. The van der Waals surface area contributed by atoms with Crippen molar-refractivity contribution in [3.8, 4) is 5.75 Å². The molecule has 2 aromatic carbocycles. The molecule has 0 aliphatic carbocycles. The lowest BCUT2D eigenvalue weighted by Gasteiger charge is -2.04. The smallest absolute Gasteiger partial charge is 0.119 e.